The summed E-state index contributed by atoms with van der Waals surface area (Å²) in [6.07, 6.45) is 5.45. The molecule has 0 atom stereocenters. The molecule has 0 fully saturated rings. The number of nitrogens with zero attached hydrogens (tertiary/aromatic N) is 4. The fraction of sp³-hybridized carbons (Fsp3) is 0.304. The second kappa shape index (κ2) is 7.67. The zero-order chi connectivity index (χ0) is 22.3. The number of rotatable bonds is 3. The zero-order valence-corrected chi connectivity index (χ0v) is 18.2. The maximum atomic E-state index is 12.3. The summed E-state index contributed by atoms with van der Waals surface area (Å²) in [5.41, 5.74) is 4.71. The molecule has 5 rings (SSSR count). The van der Waals surface area contributed by atoms with Gasteiger partial charge in [0, 0.05) is 30.5 Å². The quantitative estimate of drug-likeness (QED) is 0.475. The van der Waals surface area contributed by atoms with Crippen molar-refractivity contribution in [2.45, 2.75) is 32.8 Å². The average molecular weight is 432 g/mol. The van der Waals surface area contributed by atoms with Crippen molar-refractivity contribution in [3.05, 3.63) is 48.8 Å². The van der Waals surface area contributed by atoms with E-state index in [1.54, 1.807) is 4.90 Å². The zero-order valence-electron chi connectivity index (χ0n) is 18.2. The molecule has 1 aliphatic rings. The first-order valence-corrected chi connectivity index (χ1v) is 10.5. The number of nitrogens with one attached hydrogen (secondary N) is 2. The third-order valence-electron chi connectivity index (χ3n) is 5.23. The maximum absolute atomic E-state index is 12.3. The maximum Gasteiger partial charge on any atom is 0.410 e. The van der Waals surface area contributed by atoms with Crippen LogP contribution in [-0.2, 0) is 4.74 Å². The summed E-state index contributed by atoms with van der Waals surface area (Å²) in [6.45, 7) is 6.72. The highest BCUT2D eigenvalue weighted by atomic mass is 16.6. The predicted molar refractivity (Wildman–Crippen MR) is 122 cm³/mol. The van der Waals surface area contributed by atoms with Crippen LogP contribution in [0.3, 0.4) is 0 Å². The van der Waals surface area contributed by atoms with Gasteiger partial charge in [-0.1, -0.05) is 6.08 Å². The van der Waals surface area contributed by atoms with Gasteiger partial charge in [-0.2, -0.15) is 0 Å². The van der Waals surface area contributed by atoms with Crippen LogP contribution in [-0.4, -0.2) is 49.6 Å². The highest BCUT2D eigenvalue weighted by Gasteiger charge is 2.24. The fourth-order valence-electron chi connectivity index (χ4n) is 3.69. The highest BCUT2D eigenvalue weighted by Crippen LogP contribution is 2.30. The van der Waals surface area contributed by atoms with E-state index in [2.05, 4.69) is 31.3 Å². The minimum absolute atomic E-state index is 0.287. The van der Waals surface area contributed by atoms with Crippen molar-refractivity contribution in [3.63, 3.8) is 0 Å². The van der Waals surface area contributed by atoms with E-state index in [4.69, 9.17) is 9.15 Å². The Morgan fingerprint density at radius 2 is 2.09 bits per heavy atom. The molecule has 1 amide bonds. The van der Waals surface area contributed by atoms with E-state index in [0.717, 1.165) is 39.9 Å². The molecule has 0 saturated carbocycles. The molecule has 32 heavy (non-hydrogen) atoms. The molecule has 0 unspecified atom stereocenters. The molecule has 0 aliphatic carbocycles. The van der Waals surface area contributed by atoms with Crippen LogP contribution in [0.15, 0.2) is 47.5 Å². The molecule has 9 nitrogen and oxygen atoms in total. The molecule has 0 spiro atoms. The lowest BCUT2D eigenvalue weighted by atomic mass is 10.1. The van der Waals surface area contributed by atoms with Gasteiger partial charge in [0.15, 0.2) is 12.0 Å². The lowest BCUT2D eigenvalue weighted by Crippen LogP contribution is -2.39. The molecule has 4 heterocycles. The van der Waals surface area contributed by atoms with Gasteiger partial charge in [0.1, 0.15) is 28.9 Å². The summed E-state index contributed by atoms with van der Waals surface area (Å²) in [5.74, 6) is 0.697. The fourth-order valence-corrected chi connectivity index (χ4v) is 3.69. The normalized spacial score (nSPS) is 14.6. The Balaban J connectivity index is 1.37. The number of amides is 1. The Morgan fingerprint density at radius 1 is 1.22 bits per heavy atom. The topological polar surface area (TPSA) is 109 Å². The predicted octanol–water partition coefficient (Wildman–Crippen LogP) is 4.87. The first-order valence-electron chi connectivity index (χ1n) is 10.5. The van der Waals surface area contributed by atoms with E-state index in [1.165, 1.54) is 12.7 Å². The second-order valence-electron chi connectivity index (χ2n) is 8.73. The number of hydrogen-bond donors (Lipinski definition) is 2. The van der Waals surface area contributed by atoms with E-state index in [0.29, 0.717) is 24.5 Å². The van der Waals surface area contributed by atoms with Gasteiger partial charge in [-0.15, -0.1) is 0 Å². The first-order chi connectivity index (χ1) is 15.4. The van der Waals surface area contributed by atoms with Crippen LogP contribution in [0.1, 0.15) is 32.9 Å². The van der Waals surface area contributed by atoms with E-state index in [1.807, 2.05) is 45.0 Å². The van der Waals surface area contributed by atoms with Crippen molar-refractivity contribution in [2.24, 2.45) is 0 Å². The van der Waals surface area contributed by atoms with Crippen LogP contribution < -0.4 is 5.32 Å². The number of carbonyl (C=O) groups is 1. The van der Waals surface area contributed by atoms with E-state index < -0.39 is 5.60 Å². The van der Waals surface area contributed by atoms with Crippen LogP contribution in [0.4, 0.5) is 16.3 Å². The van der Waals surface area contributed by atoms with Crippen LogP contribution >= 0.6 is 0 Å². The summed E-state index contributed by atoms with van der Waals surface area (Å²) in [4.78, 5) is 30.3. The van der Waals surface area contributed by atoms with Gasteiger partial charge in [0.2, 0.25) is 0 Å². The lowest BCUT2D eigenvalue weighted by Gasteiger charge is -2.29. The number of ether oxygens (including phenoxy) is 1. The number of carbonyl (C=O) groups excluding carboxylic acids is 1. The summed E-state index contributed by atoms with van der Waals surface area (Å²) in [7, 11) is 0. The van der Waals surface area contributed by atoms with Crippen LogP contribution in [0.2, 0.25) is 0 Å². The third kappa shape index (κ3) is 4.01. The summed E-state index contributed by atoms with van der Waals surface area (Å²) < 4.78 is 10.9. The number of H-pyrrole nitrogens is 1. The Morgan fingerprint density at radius 3 is 2.88 bits per heavy atom. The van der Waals surface area contributed by atoms with Gasteiger partial charge in [-0.25, -0.2) is 19.7 Å². The molecular weight excluding hydrogens is 408 g/mol. The second-order valence-corrected chi connectivity index (χ2v) is 8.73. The van der Waals surface area contributed by atoms with Crippen LogP contribution in [0.5, 0.6) is 0 Å². The molecule has 0 bridgehead atoms. The largest absolute Gasteiger partial charge is 0.444 e. The van der Waals surface area contributed by atoms with Gasteiger partial charge in [-0.3, -0.25) is 0 Å². The van der Waals surface area contributed by atoms with Crippen LogP contribution in [0.25, 0.3) is 27.7 Å². The van der Waals surface area contributed by atoms with Gasteiger partial charge < -0.3 is 24.4 Å². The number of aromatic nitrogens is 4. The van der Waals surface area contributed by atoms with Gasteiger partial charge >= 0.3 is 6.09 Å². The molecular formula is C23H24N6O3. The van der Waals surface area contributed by atoms with Crippen molar-refractivity contribution in [1.29, 1.82) is 0 Å². The van der Waals surface area contributed by atoms with E-state index >= 15 is 0 Å². The molecule has 0 radical (unpaired) electrons. The number of aromatic amines is 1. The molecule has 1 aliphatic heterocycles. The third-order valence-corrected chi connectivity index (χ3v) is 5.23. The van der Waals surface area contributed by atoms with Crippen molar-refractivity contribution in [3.8, 4) is 0 Å². The minimum atomic E-state index is -0.502. The Bertz CT molecular complexity index is 1330. The molecule has 4 aromatic rings. The monoisotopic (exact) mass is 432 g/mol. The summed E-state index contributed by atoms with van der Waals surface area (Å²) >= 11 is 0. The summed E-state index contributed by atoms with van der Waals surface area (Å²) in [6, 6.07) is 7.75. The number of anilines is 2. The molecule has 3 aromatic heterocycles. The number of fused-ring (bicyclic) bond motifs is 2. The van der Waals surface area contributed by atoms with E-state index in [-0.39, 0.29) is 6.09 Å². The van der Waals surface area contributed by atoms with Crippen molar-refractivity contribution < 1.29 is 13.9 Å². The van der Waals surface area contributed by atoms with Crippen molar-refractivity contribution in [1.82, 2.24) is 24.8 Å². The number of oxazole rings is 1. The lowest BCUT2D eigenvalue weighted by molar-refractivity contribution is 0.0270. The molecule has 1 aromatic carbocycles. The Kier molecular flexibility index (Phi) is 4.80. The average Bonchev–Trinajstić information content (AvgIpc) is 3.40. The smallest absolute Gasteiger partial charge is 0.410 e. The Hall–Kier alpha value is -3.88. The Labute approximate surface area is 184 Å². The SMILES string of the molecule is CC(C)(C)OC(=O)N1CC=C(c2cc3c(Nc4ccc5ncoc5c4)ncnc3[nH]2)CC1. The van der Waals surface area contributed by atoms with Gasteiger partial charge in [-0.05, 0) is 51.0 Å². The van der Waals surface area contributed by atoms with E-state index in [9.17, 15) is 4.79 Å². The molecule has 2 N–H and O–H groups in total. The molecule has 164 valence electrons. The van der Waals surface area contributed by atoms with Crippen LogP contribution in [0, 0.1) is 0 Å². The van der Waals surface area contributed by atoms with Crippen molar-refractivity contribution in [2.75, 3.05) is 18.4 Å². The molecule has 0 saturated heterocycles. The van der Waals surface area contributed by atoms with Gasteiger partial charge in [0.25, 0.3) is 0 Å². The first kappa shape index (κ1) is 20.0. The molecule has 9 heteroatoms. The minimum Gasteiger partial charge on any atom is -0.444 e. The van der Waals surface area contributed by atoms with Gasteiger partial charge in [0.05, 0.1) is 5.39 Å². The highest BCUT2D eigenvalue weighted by molar-refractivity contribution is 5.92. The number of benzene rings is 1. The standard InChI is InChI=1S/C23H24N6O3/c1-23(2,3)32-22(30)29-8-6-14(7-9-29)18-11-16-20(24-12-25-21(16)28-18)27-15-4-5-17-19(10-15)31-13-26-17/h4-6,10-13H,7-9H2,1-3H3,(H2,24,25,27,28). The number of hydrogen-bond acceptors (Lipinski definition) is 7. The summed E-state index contributed by atoms with van der Waals surface area (Å²) in [5, 5.41) is 4.23. The van der Waals surface area contributed by atoms with Crippen molar-refractivity contribution >= 4 is 45.3 Å².